The first-order valence-corrected chi connectivity index (χ1v) is 7.50. The van der Waals surface area contributed by atoms with Crippen LogP contribution in [0.4, 0.5) is 0 Å². The smallest absolute Gasteiger partial charge is 0.139 e. The van der Waals surface area contributed by atoms with E-state index < -0.39 is 0 Å². The predicted octanol–water partition coefficient (Wildman–Crippen LogP) is 3.35. The minimum atomic E-state index is -0.0732. The number of aromatic amines is 1. The lowest BCUT2D eigenvalue weighted by Crippen LogP contribution is -2.35. The lowest BCUT2D eigenvalue weighted by atomic mass is 9.93. The fourth-order valence-electron chi connectivity index (χ4n) is 3.58. The molecule has 0 radical (unpaired) electrons. The Balaban J connectivity index is 1.95. The monoisotopic (exact) mass is 284 g/mol. The van der Waals surface area contributed by atoms with Gasteiger partial charge in [0.2, 0.25) is 0 Å². The van der Waals surface area contributed by atoms with Gasteiger partial charge in [-0.1, -0.05) is 0 Å². The zero-order valence-electron chi connectivity index (χ0n) is 12.7. The molecule has 1 aliphatic heterocycles. The Morgan fingerprint density at radius 3 is 3.10 bits per heavy atom. The topological polar surface area (TPSA) is 55.7 Å². The van der Waals surface area contributed by atoms with E-state index in [9.17, 15) is 0 Å². The molecule has 3 aromatic heterocycles. The van der Waals surface area contributed by atoms with Crippen molar-refractivity contribution in [2.24, 2.45) is 0 Å². The number of nitrogens with zero attached hydrogens (tertiary/aromatic N) is 3. The fourth-order valence-corrected chi connectivity index (χ4v) is 3.58. The van der Waals surface area contributed by atoms with Crippen molar-refractivity contribution in [3.05, 3.63) is 24.3 Å². The summed E-state index contributed by atoms with van der Waals surface area (Å²) in [5.41, 5.74) is 3.02. The van der Waals surface area contributed by atoms with Gasteiger partial charge < -0.3 is 14.3 Å². The number of imidazole rings is 1. The molecule has 0 saturated carbocycles. The number of aryl methyl sites for hydroxylation is 1. The molecular weight excluding hydrogens is 264 g/mol. The molecular formula is C16H20N4O. The van der Waals surface area contributed by atoms with Gasteiger partial charge in [-0.25, -0.2) is 9.97 Å². The van der Waals surface area contributed by atoms with Gasteiger partial charge in [-0.3, -0.25) is 0 Å². The predicted molar refractivity (Wildman–Crippen MR) is 82.4 cm³/mol. The maximum Gasteiger partial charge on any atom is 0.139 e. The average molecular weight is 284 g/mol. The average Bonchev–Trinajstić information content (AvgIpc) is 2.99. The number of rotatable bonds is 1. The summed E-state index contributed by atoms with van der Waals surface area (Å²) in [4.78, 5) is 12.3. The molecule has 0 spiro atoms. The molecule has 0 aliphatic carbocycles. The third kappa shape index (κ3) is 1.95. The van der Waals surface area contributed by atoms with Crippen molar-refractivity contribution in [3.8, 4) is 0 Å². The molecule has 1 saturated heterocycles. The maximum atomic E-state index is 5.87. The van der Waals surface area contributed by atoms with Crippen LogP contribution in [0.2, 0.25) is 0 Å². The number of hydrogen-bond acceptors (Lipinski definition) is 3. The van der Waals surface area contributed by atoms with E-state index in [2.05, 4.69) is 41.4 Å². The molecule has 1 N–H and O–H groups in total. The van der Waals surface area contributed by atoms with E-state index in [0.717, 1.165) is 41.8 Å². The van der Waals surface area contributed by atoms with E-state index >= 15 is 0 Å². The minimum absolute atomic E-state index is 0.0732. The Labute approximate surface area is 123 Å². The molecule has 4 rings (SSSR count). The second-order valence-electron chi connectivity index (χ2n) is 6.52. The van der Waals surface area contributed by atoms with E-state index in [0.29, 0.717) is 6.04 Å². The maximum absolute atomic E-state index is 5.87. The molecule has 5 heteroatoms. The summed E-state index contributed by atoms with van der Waals surface area (Å²) < 4.78 is 8.25. The molecule has 0 aromatic carbocycles. The highest BCUT2D eigenvalue weighted by atomic mass is 16.5. The van der Waals surface area contributed by atoms with E-state index in [1.165, 1.54) is 5.52 Å². The summed E-state index contributed by atoms with van der Waals surface area (Å²) in [5, 5.41) is 1.15. The van der Waals surface area contributed by atoms with Crippen molar-refractivity contribution >= 4 is 22.1 Å². The lowest BCUT2D eigenvalue weighted by Gasteiger charge is -2.36. The lowest BCUT2D eigenvalue weighted by molar-refractivity contribution is -0.0687. The van der Waals surface area contributed by atoms with Crippen LogP contribution in [0.5, 0.6) is 0 Å². The molecule has 1 fully saturated rings. The molecule has 0 amide bonds. The van der Waals surface area contributed by atoms with Gasteiger partial charge in [0, 0.05) is 24.2 Å². The second kappa shape index (κ2) is 4.31. The number of hydrogen-bond donors (Lipinski definition) is 1. The number of fused-ring (bicyclic) bond motifs is 3. The zero-order valence-corrected chi connectivity index (χ0v) is 12.7. The first-order valence-electron chi connectivity index (χ1n) is 7.50. The van der Waals surface area contributed by atoms with Crippen LogP contribution < -0.4 is 0 Å². The van der Waals surface area contributed by atoms with Gasteiger partial charge in [0.25, 0.3) is 0 Å². The van der Waals surface area contributed by atoms with Gasteiger partial charge in [0.15, 0.2) is 0 Å². The van der Waals surface area contributed by atoms with E-state index in [4.69, 9.17) is 9.72 Å². The number of ether oxygens (including phenoxy) is 1. The van der Waals surface area contributed by atoms with Crippen LogP contribution in [0.1, 0.15) is 38.6 Å². The zero-order chi connectivity index (χ0) is 14.6. The summed E-state index contributed by atoms with van der Waals surface area (Å²) >= 11 is 0. The SMILES string of the molecule is Cc1nc2cnc3[nH]ccc3c2n1C1CCOC(C)(C)C1. The van der Waals surface area contributed by atoms with Crippen LogP contribution in [-0.2, 0) is 4.74 Å². The van der Waals surface area contributed by atoms with Crippen LogP contribution in [0, 0.1) is 6.92 Å². The normalized spacial score (nSPS) is 22.1. The Kier molecular flexibility index (Phi) is 2.63. The van der Waals surface area contributed by atoms with Crippen LogP contribution in [-0.4, -0.2) is 31.7 Å². The van der Waals surface area contributed by atoms with Gasteiger partial charge in [-0.05, 0) is 39.7 Å². The number of pyridine rings is 1. The first-order chi connectivity index (χ1) is 10.1. The largest absolute Gasteiger partial charge is 0.375 e. The van der Waals surface area contributed by atoms with Crippen molar-refractivity contribution in [2.75, 3.05) is 6.61 Å². The molecule has 0 bridgehead atoms. The number of aromatic nitrogens is 4. The van der Waals surface area contributed by atoms with Crippen molar-refractivity contribution < 1.29 is 4.74 Å². The van der Waals surface area contributed by atoms with Crippen molar-refractivity contribution in [2.45, 2.75) is 45.3 Å². The summed E-state index contributed by atoms with van der Waals surface area (Å²) in [5.74, 6) is 1.06. The summed E-state index contributed by atoms with van der Waals surface area (Å²) in [6.45, 7) is 7.22. The highest BCUT2D eigenvalue weighted by Crippen LogP contribution is 2.36. The first kappa shape index (κ1) is 12.8. The van der Waals surface area contributed by atoms with Crippen LogP contribution >= 0.6 is 0 Å². The van der Waals surface area contributed by atoms with E-state index in [1.807, 2.05) is 12.4 Å². The van der Waals surface area contributed by atoms with Gasteiger partial charge >= 0.3 is 0 Å². The van der Waals surface area contributed by atoms with Gasteiger partial charge in [-0.15, -0.1) is 0 Å². The van der Waals surface area contributed by atoms with E-state index in [1.54, 1.807) is 0 Å². The third-order valence-corrected chi connectivity index (χ3v) is 4.45. The molecule has 1 unspecified atom stereocenters. The fraction of sp³-hybridized carbons (Fsp3) is 0.500. The Hall–Kier alpha value is -1.88. The number of nitrogens with one attached hydrogen (secondary N) is 1. The summed E-state index contributed by atoms with van der Waals surface area (Å²) in [6, 6.07) is 2.52. The molecule has 5 nitrogen and oxygen atoms in total. The molecule has 1 atom stereocenters. The Morgan fingerprint density at radius 1 is 1.43 bits per heavy atom. The summed E-state index contributed by atoms with van der Waals surface area (Å²) in [6.07, 6.45) is 5.84. The third-order valence-electron chi connectivity index (χ3n) is 4.45. The quantitative estimate of drug-likeness (QED) is 0.745. The Bertz CT molecular complexity index is 814. The highest BCUT2D eigenvalue weighted by Gasteiger charge is 2.31. The van der Waals surface area contributed by atoms with Crippen LogP contribution in [0.3, 0.4) is 0 Å². The minimum Gasteiger partial charge on any atom is -0.375 e. The molecule has 21 heavy (non-hydrogen) atoms. The van der Waals surface area contributed by atoms with Crippen molar-refractivity contribution in [1.82, 2.24) is 19.5 Å². The molecule has 110 valence electrons. The highest BCUT2D eigenvalue weighted by molar-refractivity contribution is 6.01. The van der Waals surface area contributed by atoms with Gasteiger partial charge in [0.1, 0.15) is 17.0 Å². The standard InChI is InChI=1S/C16H20N4O/c1-10-19-13-9-18-15-12(4-6-17-15)14(13)20(10)11-5-7-21-16(2,3)8-11/h4,6,9,11H,5,7-8H2,1-3H3,(H,17,18). The molecule has 4 heterocycles. The van der Waals surface area contributed by atoms with Crippen molar-refractivity contribution in [1.29, 1.82) is 0 Å². The number of H-pyrrole nitrogens is 1. The molecule has 1 aliphatic rings. The summed E-state index contributed by atoms with van der Waals surface area (Å²) in [7, 11) is 0. The van der Waals surface area contributed by atoms with E-state index in [-0.39, 0.29) is 5.60 Å². The second-order valence-corrected chi connectivity index (χ2v) is 6.52. The molecule has 3 aromatic rings. The van der Waals surface area contributed by atoms with Crippen molar-refractivity contribution in [3.63, 3.8) is 0 Å². The van der Waals surface area contributed by atoms with Gasteiger partial charge in [0.05, 0.1) is 17.3 Å². The van der Waals surface area contributed by atoms with Crippen LogP contribution in [0.15, 0.2) is 18.5 Å². The van der Waals surface area contributed by atoms with Crippen LogP contribution in [0.25, 0.3) is 22.1 Å². The Morgan fingerprint density at radius 2 is 2.29 bits per heavy atom. The van der Waals surface area contributed by atoms with Gasteiger partial charge in [-0.2, -0.15) is 0 Å².